The number of hydrogen-bond donors (Lipinski definition) is 3. The topological polar surface area (TPSA) is 131 Å². The van der Waals surface area contributed by atoms with E-state index < -0.39 is 38.2 Å². The molecule has 1 fully saturated rings. The first-order chi connectivity index (χ1) is 14.7. The number of aliphatic hydroxyl groups is 2. The van der Waals surface area contributed by atoms with E-state index in [1.807, 2.05) is 27.7 Å². The Hall–Kier alpha value is -1.58. The fourth-order valence-electron chi connectivity index (χ4n) is 4.11. The van der Waals surface area contributed by atoms with Crippen LogP contribution in [-0.4, -0.2) is 59.4 Å². The SMILES string of the molecule is CCC(CC)[PH](=O)OC(C)(CC)C[C@H]1OC(n2c[n+](C)c3c(O)ncnc32)[C@H](O)[C@@H]1O. The van der Waals surface area contributed by atoms with Crippen molar-refractivity contribution in [3.63, 3.8) is 0 Å². The minimum Gasteiger partial charge on any atom is -0.490 e. The minimum atomic E-state index is -2.27. The number of nitrogens with zero attached hydrogens (tertiary/aromatic N) is 4. The first-order valence-corrected chi connectivity index (χ1v) is 12.2. The van der Waals surface area contributed by atoms with Gasteiger partial charge in [-0.1, -0.05) is 20.8 Å². The summed E-state index contributed by atoms with van der Waals surface area (Å²) in [7, 11) is -0.551. The Bertz CT molecular complexity index is 936. The maximum Gasteiger partial charge on any atom is 0.278 e. The number of imidazole rings is 1. The van der Waals surface area contributed by atoms with Gasteiger partial charge < -0.3 is 24.6 Å². The van der Waals surface area contributed by atoms with Gasteiger partial charge in [0.1, 0.15) is 18.5 Å². The minimum absolute atomic E-state index is 0.0160. The van der Waals surface area contributed by atoms with Crippen molar-refractivity contribution < 1.29 is 33.7 Å². The highest BCUT2D eigenvalue weighted by Crippen LogP contribution is 2.43. The highest BCUT2D eigenvalue weighted by atomic mass is 31.1. The molecule has 0 radical (unpaired) electrons. The molecule has 3 unspecified atom stereocenters. The van der Waals surface area contributed by atoms with E-state index in [1.165, 1.54) is 6.33 Å². The molecule has 0 spiro atoms. The van der Waals surface area contributed by atoms with Crippen LogP contribution in [0.3, 0.4) is 0 Å². The van der Waals surface area contributed by atoms with Crippen LogP contribution in [0.25, 0.3) is 11.2 Å². The van der Waals surface area contributed by atoms with Gasteiger partial charge in [0.05, 0.1) is 18.8 Å². The van der Waals surface area contributed by atoms with Gasteiger partial charge in [0.2, 0.25) is 12.6 Å². The van der Waals surface area contributed by atoms with Crippen LogP contribution in [0.2, 0.25) is 0 Å². The van der Waals surface area contributed by atoms with Crippen molar-refractivity contribution >= 4 is 19.2 Å². The summed E-state index contributed by atoms with van der Waals surface area (Å²) in [4.78, 5) is 7.98. The molecule has 2 aromatic heterocycles. The molecule has 0 amide bonds. The third-order valence-corrected chi connectivity index (χ3v) is 8.51. The van der Waals surface area contributed by atoms with Crippen molar-refractivity contribution in [2.75, 3.05) is 0 Å². The Morgan fingerprint density at radius 1 is 1.29 bits per heavy atom. The summed E-state index contributed by atoms with van der Waals surface area (Å²) in [5.74, 6) is -0.186. The van der Waals surface area contributed by atoms with Crippen molar-refractivity contribution in [1.29, 1.82) is 0 Å². The lowest BCUT2D eigenvalue weighted by Gasteiger charge is -2.32. The van der Waals surface area contributed by atoms with E-state index in [2.05, 4.69) is 9.97 Å². The summed E-state index contributed by atoms with van der Waals surface area (Å²) in [6.07, 6.45) is 1.27. The number of aromatic hydroxyl groups is 1. The number of fused-ring (bicyclic) bond motifs is 1. The van der Waals surface area contributed by atoms with Crippen LogP contribution >= 0.6 is 8.03 Å². The summed E-state index contributed by atoms with van der Waals surface area (Å²) >= 11 is 0. The number of aromatic nitrogens is 4. The van der Waals surface area contributed by atoms with E-state index in [4.69, 9.17) is 9.26 Å². The van der Waals surface area contributed by atoms with Gasteiger partial charge in [-0.05, 0) is 26.2 Å². The molecular weight excluding hydrogens is 423 g/mol. The molecule has 174 valence electrons. The van der Waals surface area contributed by atoms with Crippen LogP contribution in [0.1, 0.15) is 59.6 Å². The van der Waals surface area contributed by atoms with Crippen molar-refractivity contribution in [2.24, 2.45) is 7.05 Å². The summed E-state index contributed by atoms with van der Waals surface area (Å²) in [6.45, 7) is 7.80. The van der Waals surface area contributed by atoms with Crippen LogP contribution in [0, 0.1) is 0 Å². The van der Waals surface area contributed by atoms with Gasteiger partial charge in [0, 0.05) is 12.1 Å². The lowest BCUT2D eigenvalue weighted by Crippen LogP contribution is -2.38. The molecule has 0 bridgehead atoms. The van der Waals surface area contributed by atoms with E-state index in [-0.39, 0.29) is 18.0 Å². The zero-order valence-electron chi connectivity index (χ0n) is 18.7. The van der Waals surface area contributed by atoms with Crippen LogP contribution in [0.4, 0.5) is 0 Å². The molecule has 6 atom stereocenters. The third-order valence-electron chi connectivity index (χ3n) is 6.34. The number of hydrogen-bond acceptors (Lipinski definition) is 8. The molecule has 1 aliphatic rings. The van der Waals surface area contributed by atoms with Gasteiger partial charge in [0.15, 0.2) is 8.03 Å². The molecule has 1 saturated heterocycles. The number of aryl methyl sites for hydroxylation is 1. The normalized spacial score (nSPS) is 27.1. The first-order valence-electron chi connectivity index (χ1n) is 10.8. The Morgan fingerprint density at radius 2 is 1.97 bits per heavy atom. The second-order valence-corrected chi connectivity index (χ2v) is 10.2. The van der Waals surface area contributed by atoms with E-state index >= 15 is 0 Å². The molecule has 31 heavy (non-hydrogen) atoms. The molecule has 0 aromatic carbocycles. The number of rotatable bonds is 9. The Kier molecular flexibility index (Phi) is 7.38. The molecule has 1 aliphatic heterocycles. The Morgan fingerprint density at radius 3 is 2.58 bits per heavy atom. The second-order valence-electron chi connectivity index (χ2n) is 8.49. The van der Waals surface area contributed by atoms with Gasteiger partial charge in [-0.15, -0.1) is 0 Å². The standard InChI is InChI=1S/C20H33N4O6P/c1-6-12(7-2)31(28)30-20(4,8-3)9-13-15(25)16(26)19(29-13)24-11-23(5)14-17(24)21-10-22-18(14)27/h10-13,15-16,19,25-26,31H,6-9H2,1-5H3/p+1/t13-,15-,16-,19?,20?/m1/s1. The zero-order valence-corrected chi connectivity index (χ0v) is 19.7. The first kappa shape index (κ1) is 24.1. The largest absolute Gasteiger partial charge is 0.490 e. The summed E-state index contributed by atoms with van der Waals surface area (Å²) in [6, 6.07) is 0. The van der Waals surface area contributed by atoms with E-state index in [0.717, 1.165) is 12.8 Å². The van der Waals surface area contributed by atoms with E-state index in [1.54, 1.807) is 22.5 Å². The monoisotopic (exact) mass is 457 g/mol. The highest BCUT2D eigenvalue weighted by molar-refractivity contribution is 7.40. The average molecular weight is 457 g/mol. The molecule has 0 aliphatic carbocycles. The summed E-state index contributed by atoms with van der Waals surface area (Å²) in [5.41, 5.74) is 0.0205. The van der Waals surface area contributed by atoms with Crippen molar-refractivity contribution in [2.45, 2.75) is 89.2 Å². The maximum absolute atomic E-state index is 12.7. The van der Waals surface area contributed by atoms with Crippen LogP contribution in [-0.2, 0) is 20.9 Å². The molecule has 11 heteroatoms. The fourth-order valence-corrected chi connectivity index (χ4v) is 5.66. The lowest BCUT2D eigenvalue weighted by molar-refractivity contribution is -0.646. The smallest absolute Gasteiger partial charge is 0.278 e. The molecule has 3 rings (SSSR count). The zero-order chi connectivity index (χ0) is 22.9. The van der Waals surface area contributed by atoms with E-state index in [0.29, 0.717) is 17.6 Å². The third kappa shape index (κ3) is 4.64. The summed E-state index contributed by atoms with van der Waals surface area (Å²) in [5, 5.41) is 31.5. The molecule has 3 N–H and O–H groups in total. The van der Waals surface area contributed by atoms with Crippen molar-refractivity contribution in [3.05, 3.63) is 12.7 Å². The highest BCUT2D eigenvalue weighted by Gasteiger charge is 2.49. The maximum atomic E-state index is 12.7. The molecule has 10 nitrogen and oxygen atoms in total. The van der Waals surface area contributed by atoms with Crippen molar-refractivity contribution in [3.8, 4) is 5.88 Å². The van der Waals surface area contributed by atoms with Gasteiger partial charge in [-0.3, -0.25) is 4.57 Å². The molecular formula is C20H34N4O6P+. The predicted molar refractivity (Wildman–Crippen MR) is 114 cm³/mol. The van der Waals surface area contributed by atoms with Crippen LogP contribution in [0.15, 0.2) is 12.7 Å². The average Bonchev–Trinajstić information content (AvgIpc) is 3.21. The van der Waals surface area contributed by atoms with Crippen LogP contribution < -0.4 is 4.57 Å². The van der Waals surface area contributed by atoms with E-state index in [9.17, 15) is 19.9 Å². The Labute approximate surface area is 182 Å². The number of aliphatic hydroxyl groups excluding tert-OH is 2. The lowest BCUT2D eigenvalue weighted by atomic mass is 9.93. The van der Waals surface area contributed by atoms with Gasteiger partial charge >= 0.3 is 0 Å². The van der Waals surface area contributed by atoms with Gasteiger partial charge in [0.25, 0.3) is 17.0 Å². The molecule has 3 heterocycles. The van der Waals surface area contributed by atoms with Crippen LogP contribution in [0.5, 0.6) is 5.88 Å². The predicted octanol–water partition coefficient (Wildman–Crippen LogP) is 1.82. The van der Waals surface area contributed by atoms with Gasteiger partial charge in [-0.2, -0.15) is 14.5 Å². The second kappa shape index (κ2) is 9.50. The Balaban J connectivity index is 1.82. The number of ether oxygens (including phenoxy) is 1. The quantitative estimate of drug-likeness (QED) is 0.384. The molecule has 2 aromatic rings. The van der Waals surface area contributed by atoms with Crippen molar-refractivity contribution in [1.82, 2.24) is 14.5 Å². The van der Waals surface area contributed by atoms with Gasteiger partial charge in [-0.25, -0.2) is 4.57 Å². The molecule has 0 saturated carbocycles. The summed E-state index contributed by atoms with van der Waals surface area (Å²) < 4.78 is 28.0. The fraction of sp³-hybridized carbons (Fsp3) is 0.750.